The fourth-order valence-corrected chi connectivity index (χ4v) is 2.09. The number of amides is 1. The van der Waals surface area contributed by atoms with E-state index in [0.717, 1.165) is 5.56 Å². The van der Waals surface area contributed by atoms with Crippen molar-refractivity contribution in [3.63, 3.8) is 0 Å². The van der Waals surface area contributed by atoms with Gasteiger partial charge in [-0.15, -0.1) is 0 Å². The van der Waals surface area contributed by atoms with Crippen molar-refractivity contribution in [1.29, 1.82) is 0 Å². The number of ether oxygens (including phenoxy) is 1. The third kappa shape index (κ3) is 5.38. The number of rotatable bonds is 7. The Balaban J connectivity index is 2.66. The first-order valence-electron chi connectivity index (χ1n) is 6.77. The molecular formula is C15H20F3NO2. The molecule has 3 nitrogen and oxygen atoms in total. The predicted octanol–water partition coefficient (Wildman–Crippen LogP) is 3.40. The third-order valence-electron chi connectivity index (χ3n) is 3.47. The number of carbonyl (C=O) groups excluding carboxylic acids is 1. The molecule has 0 aliphatic heterocycles. The molecule has 0 radical (unpaired) electrons. The maximum Gasteiger partial charge on any atom is 0.389 e. The first kappa shape index (κ1) is 17.5. The summed E-state index contributed by atoms with van der Waals surface area (Å²) in [6.45, 7) is 2.04. The van der Waals surface area contributed by atoms with Crippen LogP contribution in [-0.2, 0) is 15.1 Å². The zero-order valence-corrected chi connectivity index (χ0v) is 12.2. The molecule has 0 saturated carbocycles. The Kier molecular flexibility index (Phi) is 6.20. The topological polar surface area (TPSA) is 38.3 Å². The monoisotopic (exact) mass is 303 g/mol. The molecule has 0 fully saturated rings. The number of methoxy groups -OCH3 is 1. The number of carbonyl (C=O) groups is 1. The average Bonchev–Trinajstić information content (AvgIpc) is 2.47. The van der Waals surface area contributed by atoms with Gasteiger partial charge >= 0.3 is 6.18 Å². The van der Waals surface area contributed by atoms with Crippen LogP contribution < -0.4 is 5.32 Å². The largest absolute Gasteiger partial charge is 0.389 e. The van der Waals surface area contributed by atoms with Gasteiger partial charge in [-0.25, -0.2) is 0 Å². The number of nitrogens with one attached hydrogen (secondary N) is 1. The summed E-state index contributed by atoms with van der Waals surface area (Å²) in [7, 11) is 1.53. The quantitative estimate of drug-likeness (QED) is 0.838. The minimum atomic E-state index is -4.32. The van der Waals surface area contributed by atoms with Crippen molar-refractivity contribution in [2.75, 3.05) is 13.7 Å². The smallest absolute Gasteiger partial charge is 0.372 e. The summed E-state index contributed by atoms with van der Waals surface area (Å²) in [6, 6.07) is 9.31. The van der Waals surface area contributed by atoms with Crippen LogP contribution in [-0.4, -0.2) is 25.7 Å². The van der Waals surface area contributed by atoms with Crippen molar-refractivity contribution >= 4 is 5.91 Å². The van der Waals surface area contributed by atoms with E-state index in [0.29, 0.717) is 6.42 Å². The Labute approximate surface area is 122 Å². The van der Waals surface area contributed by atoms with Gasteiger partial charge in [-0.2, -0.15) is 13.2 Å². The summed E-state index contributed by atoms with van der Waals surface area (Å²) < 4.78 is 41.8. The van der Waals surface area contributed by atoms with Gasteiger partial charge in [0.2, 0.25) is 5.91 Å². The summed E-state index contributed by atoms with van der Waals surface area (Å²) in [5.41, 5.74) is 0.154. The van der Waals surface area contributed by atoms with Crippen LogP contribution in [0.1, 0.15) is 31.7 Å². The molecule has 118 valence electrons. The van der Waals surface area contributed by atoms with E-state index >= 15 is 0 Å². The van der Waals surface area contributed by atoms with Crippen LogP contribution in [0.3, 0.4) is 0 Å². The highest BCUT2D eigenvalue weighted by Gasteiger charge is 2.32. The summed E-state index contributed by atoms with van der Waals surface area (Å²) in [4.78, 5) is 11.5. The van der Waals surface area contributed by atoms with Crippen LogP contribution in [0.2, 0.25) is 0 Å². The molecule has 1 atom stereocenters. The van der Waals surface area contributed by atoms with Crippen LogP contribution in [0, 0.1) is 0 Å². The van der Waals surface area contributed by atoms with Gasteiger partial charge in [-0.1, -0.05) is 37.3 Å². The van der Waals surface area contributed by atoms with Gasteiger partial charge in [0.1, 0.15) is 5.60 Å². The van der Waals surface area contributed by atoms with Crippen LogP contribution in [0.5, 0.6) is 0 Å². The van der Waals surface area contributed by atoms with Gasteiger partial charge in [0.05, 0.1) is 13.0 Å². The van der Waals surface area contributed by atoms with Gasteiger partial charge in [-0.05, 0) is 12.0 Å². The third-order valence-corrected chi connectivity index (χ3v) is 3.47. The lowest BCUT2D eigenvalue weighted by Gasteiger charge is -2.32. The number of alkyl halides is 3. The Morgan fingerprint density at radius 2 is 1.86 bits per heavy atom. The second kappa shape index (κ2) is 7.45. The number of hydrogen-bond donors (Lipinski definition) is 1. The molecular weight excluding hydrogens is 283 g/mol. The SMILES string of the molecule is CCC(CNC(=O)CCC(F)(F)F)(OC)c1ccccc1. The molecule has 1 amide bonds. The Bertz CT molecular complexity index is 442. The molecule has 6 heteroatoms. The van der Waals surface area contributed by atoms with Crippen molar-refractivity contribution in [3.05, 3.63) is 35.9 Å². The van der Waals surface area contributed by atoms with Crippen molar-refractivity contribution in [3.8, 4) is 0 Å². The van der Waals surface area contributed by atoms with Crippen LogP contribution in [0.15, 0.2) is 30.3 Å². The summed E-state index contributed by atoms with van der Waals surface area (Å²) in [5, 5.41) is 2.53. The zero-order valence-electron chi connectivity index (χ0n) is 12.2. The second-order valence-electron chi connectivity index (χ2n) is 4.81. The second-order valence-corrected chi connectivity index (χ2v) is 4.81. The van der Waals surface area contributed by atoms with Gasteiger partial charge < -0.3 is 10.1 Å². The summed E-state index contributed by atoms with van der Waals surface area (Å²) in [5.74, 6) is -0.627. The molecule has 21 heavy (non-hydrogen) atoms. The van der Waals surface area contributed by atoms with E-state index in [1.54, 1.807) is 0 Å². The van der Waals surface area contributed by atoms with E-state index in [-0.39, 0.29) is 6.54 Å². The number of halogens is 3. The molecule has 0 heterocycles. The fourth-order valence-electron chi connectivity index (χ4n) is 2.09. The summed E-state index contributed by atoms with van der Waals surface area (Å²) >= 11 is 0. The van der Waals surface area contributed by atoms with Crippen molar-refractivity contribution < 1.29 is 22.7 Å². The van der Waals surface area contributed by atoms with Gasteiger partial charge in [-0.3, -0.25) is 4.79 Å². The van der Waals surface area contributed by atoms with E-state index < -0.39 is 30.5 Å². The minimum Gasteiger partial charge on any atom is -0.372 e. The maximum absolute atomic E-state index is 12.1. The molecule has 0 saturated heterocycles. The molecule has 0 aromatic heterocycles. The zero-order chi connectivity index (χ0) is 15.9. The van der Waals surface area contributed by atoms with Crippen LogP contribution >= 0.6 is 0 Å². The van der Waals surface area contributed by atoms with E-state index in [4.69, 9.17) is 4.74 Å². The molecule has 0 spiro atoms. The minimum absolute atomic E-state index is 0.140. The molecule has 1 N–H and O–H groups in total. The lowest BCUT2D eigenvalue weighted by atomic mass is 9.90. The Morgan fingerprint density at radius 1 is 1.24 bits per heavy atom. The molecule has 0 aliphatic rings. The van der Waals surface area contributed by atoms with E-state index in [1.165, 1.54) is 7.11 Å². The van der Waals surface area contributed by atoms with Crippen molar-refractivity contribution in [1.82, 2.24) is 5.32 Å². The van der Waals surface area contributed by atoms with E-state index in [9.17, 15) is 18.0 Å². The molecule has 0 bridgehead atoms. The molecule has 1 aromatic rings. The van der Waals surface area contributed by atoms with Crippen molar-refractivity contribution in [2.45, 2.75) is 38.0 Å². The highest BCUT2D eigenvalue weighted by atomic mass is 19.4. The maximum atomic E-state index is 12.1. The number of hydrogen-bond acceptors (Lipinski definition) is 2. The highest BCUT2D eigenvalue weighted by Crippen LogP contribution is 2.28. The Morgan fingerprint density at radius 3 is 2.33 bits per heavy atom. The average molecular weight is 303 g/mol. The van der Waals surface area contributed by atoms with Crippen LogP contribution in [0.25, 0.3) is 0 Å². The predicted molar refractivity (Wildman–Crippen MR) is 73.7 cm³/mol. The summed E-state index contributed by atoms with van der Waals surface area (Å²) in [6.07, 6.45) is -5.41. The molecule has 1 unspecified atom stereocenters. The first-order valence-corrected chi connectivity index (χ1v) is 6.77. The Hall–Kier alpha value is -1.56. The fraction of sp³-hybridized carbons (Fsp3) is 0.533. The first-order chi connectivity index (χ1) is 9.83. The molecule has 1 rings (SSSR count). The normalized spacial score (nSPS) is 14.5. The van der Waals surface area contributed by atoms with Crippen molar-refractivity contribution in [2.24, 2.45) is 0 Å². The van der Waals surface area contributed by atoms with E-state index in [1.807, 2.05) is 37.3 Å². The molecule has 0 aliphatic carbocycles. The van der Waals surface area contributed by atoms with Gasteiger partial charge in [0.25, 0.3) is 0 Å². The number of benzene rings is 1. The van der Waals surface area contributed by atoms with Gasteiger partial charge in [0, 0.05) is 13.5 Å². The standard InChI is InChI=1S/C15H20F3NO2/c1-3-14(21-2,12-7-5-4-6-8-12)11-19-13(20)9-10-15(16,17)18/h4-8H,3,9-11H2,1-2H3,(H,19,20). The molecule has 1 aromatic carbocycles. The lowest BCUT2D eigenvalue weighted by Crippen LogP contribution is -2.42. The highest BCUT2D eigenvalue weighted by molar-refractivity contribution is 5.76. The van der Waals surface area contributed by atoms with E-state index in [2.05, 4.69) is 5.32 Å². The van der Waals surface area contributed by atoms with Gasteiger partial charge in [0.15, 0.2) is 0 Å². The van der Waals surface area contributed by atoms with Crippen LogP contribution in [0.4, 0.5) is 13.2 Å². The lowest BCUT2D eigenvalue weighted by molar-refractivity contribution is -0.144.